The van der Waals surface area contributed by atoms with Crippen molar-refractivity contribution in [2.24, 2.45) is 0 Å². The van der Waals surface area contributed by atoms with E-state index in [1.54, 1.807) is 0 Å². The fraction of sp³-hybridized carbons (Fsp3) is 0.200. The summed E-state index contributed by atoms with van der Waals surface area (Å²) in [5.41, 5.74) is 2.86. The SMILES string of the molecule is Cc1ccc(C)c2oc(C(=O)[O-])nc12.[Na+]. The van der Waals surface area contributed by atoms with E-state index in [2.05, 4.69) is 4.98 Å². The zero-order chi connectivity index (χ0) is 10.3. The zero-order valence-electron chi connectivity index (χ0n) is 8.83. The number of rotatable bonds is 1. The van der Waals surface area contributed by atoms with Crippen molar-refractivity contribution in [2.75, 3.05) is 0 Å². The van der Waals surface area contributed by atoms with Crippen LogP contribution in [0.4, 0.5) is 0 Å². The molecule has 0 saturated heterocycles. The molecule has 0 bridgehead atoms. The van der Waals surface area contributed by atoms with Crippen LogP contribution in [-0.2, 0) is 0 Å². The van der Waals surface area contributed by atoms with Crippen molar-refractivity contribution >= 4 is 17.1 Å². The number of hydrogen-bond acceptors (Lipinski definition) is 4. The second kappa shape index (κ2) is 4.35. The Balaban J connectivity index is 0.00000112. The second-order valence-corrected chi connectivity index (χ2v) is 3.18. The summed E-state index contributed by atoms with van der Waals surface area (Å²) in [6, 6.07) is 3.74. The van der Waals surface area contributed by atoms with Gasteiger partial charge in [-0.3, -0.25) is 0 Å². The maximum atomic E-state index is 10.5. The van der Waals surface area contributed by atoms with Gasteiger partial charge in [-0.1, -0.05) is 12.1 Å². The Morgan fingerprint density at radius 1 is 1.33 bits per heavy atom. The molecule has 0 aliphatic rings. The Hall–Kier alpha value is -0.840. The molecule has 0 N–H and O–H groups in total. The minimum Gasteiger partial charge on any atom is -0.540 e. The minimum absolute atomic E-state index is 0. The van der Waals surface area contributed by atoms with Gasteiger partial charge in [0.1, 0.15) is 11.5 Å². The standard InChI is InChI=1S/C10H9NO3.Na/c1-5-3-4-6(2)8-7(5)11-9(14-8)10(12)13;/h3-4H,1-2H3,(H,12,13);/q;+1/p-1. The van der Waals surface area contributed by atoms with E-state index >= 15 is 0 Å². The Bertz CT molecular complexity index is 480. The minimum atomic E-state index is -1.39. The monoisotopic (exact) mass is 213 g/mol. The first kappa shape index (κ1) is 12.2. The van der Waals surface area contributed by atoms with Gasteiger partial charge in [-0.15, -0.1) is 0 Å². The number of oxazole rings is 1. The number of carboxylic acid groups (broad SMARTS) is 1. The molecule has 0 saturated carbocycles. The molecule has 0 aliphatic carbocycles. The van der Waals surface area contributed by atoms with Gasteiger partial charge in [-0.05, 0) is 25.0 Å². The van der Waals surface area contributed by atoms with Crippen molar-refractivity contribution in [3.63, 3.8) is 0 Å². The number of nitrogens with zero attached hydrogens (tertiary/aromatic N) is 1. The van der Waals surface area contributed by atoms with E-state index in [9.17, 15) is 9.90 Å². The average Bonchev–Trinajstić information content (AvgIpc) is 2.57. The predicted molar refractivity (Wildman–Crippen MR) is 47.8 cm³/mol. The number of aromatic nitrogens is 1. The van der Waals surface area contributed by atoms with Crippen molar-refractivity contribution in [1.82, 2.24) is 4.98 Å². The van der Waals surface area contributed by atoms with Gasteiger partial charge in [0.05, 0.1) is 0 Å². The van der Waals surface area contributed by atoms with Crippen LogP contribution in [0.25, 0.3) is 11.1 Å². The van der Waals surface area contributed by atoms with E-state index in [1.165, 1.54) is 0 Å². The molecule has 0 amide bonds. The van der Waals surface area contributed by atoms with Gasteiger partial charge >= 0.3 is 29.6 Å². The summed E-state index contributed by atoms with van der Waals surface area (Å²) in [5.74, 6) is -1.75. The third-order valence-corrected chi connectivity index (χ3v) is 2.12. The van der Waals surface area contributed by atoms with Gasteiger partial charge in [0.15, 0.2) is 5.58 Å². The Morgan fingerprint density at radius 2 is 1.93 bits per heavy atom. The van der Waals surface area contributed by atoms with Gasteiger partial charge < -0.3 is 14.3 Å². The molecule has 2 rings (SSSR count). The smallest absolute Gasteiger partial charge is 0.540 e. The molecule has 0 unspecified atom stereocenters. The zero-order valence-corrected chi connectivity index (χ0v) is 10.8. The summed E-state index contributed by atoms with van der Waals surface area (Å²) in [6.07, 6.45) is 0. The third-order valence-electron chi connectivity index (χ3n) is 2.12. The van der Waals surface area contributed by atoms with Crippen molar-refractivity contribution < 1.29 is 43.9 Å². The first-order chi connectivity index (χ1) is 6.59. The van der Waals surface area contributed by atoms with Crippen LogP contribution in [0.1, 0.15) is 21.8 Å². The Kier molecular flexibility index (Phi) is 3.54. The number of aryl methyl sites for hydroxylation is 2. The van der Waals surface area contributed by atoms with E-state index in [1.807, 2.05) is 26.0 Å². The molecular formula is C10H8NNaO3. The third kappa shape index (κ3) is 2.07. The number of carboxylic acids is 1. The summed E-state index contributed by atoms with van der Waals surface area (Å²) in [7, 11) is 0. The summed E-state index contributed by atoms with van der Waals surface area (Å²) >= 11 is 0. The largest absolute Gasteiger partial charge is 1.00 e. The summed E-state index contributed by atoms with van der Waals surface area (Å²) in [4.78, 5) is 14.4. The number of carbonyl (C=O) groups excluding carboxylic acids is 1. The first-order valence-electron chi connectivity index (χ1n) is 4.17. The number of fused-ring (bicyclic) bond motifs is 1. The quantitative estimate of drug-likeness (QED) is 0.505. The van der Waals surface area contributed by atoms with Crippen LogP contribution in [0.3, 0.4) is 0 Å². The van der Waals surface area contributed by atoms with Gasteiger partial charge in [0.2, 0.25) is 5.89 Å². The molecule has 4 nitrogen and oxygen atoms in total. The van der Waals surface area contributed by atoms with E-state index in [4.69, 9.17) is 4.42 Å². The van der Waals surface area contributed by atoms with Crippen molar-refractivity contribution in [3.8, 4) is 0 Å². The summed E-state index contributed by atoms with van der Waals surface area (Å²) < 4.78 is 5.07. The van der Waals surface area contributed by atoms with Crippen LogP contribution in [0.2, 0.25) is 0 Å². The van der Waals surface area contributed by atoms with Gasteiger partial charge in [-0.2, -0.15) is 0 Å². The van der Waals surface area contributed by atoms with Crippen LogP contribution < -0.4 is 34.7 Å². The summed E-state index contributed by atoms with van der Waals surface area (Å²) in [6.45, 7) is 3.69. The molecule has 2 aromatic rings. The molecule has 1 aromatic carbocycles. The van der Waals surface area contributed by atoms with Crippen molar-refractivity contribution in [3.05, 3.63) is 29.2 Å². The van der Waals surface area contributed by atoms with Gasteiger partial charge in [0.25, 0.3) is 0 Å². The van der Waals surface area contributed by atoms with Crippen LogP contribution >= 0.6 is 0 Å². The summed E-state index contributed by atoms with van der Waals surface area (Å²) in [5, 5.41) is 10.5. The van der Waals surface area contributed by atoms with Crippen molar-refractivity contribution in [1.29, 1.82) is 0 Å². The number of benzene rings is 1. The predicted octanol–water partition coefficient (Wildman–Crippen LogP) is -2.19. The van der Waals surface area contributed by atoms with Gasteiger partial charge in [0, 0.05) is 0 Å². The maximum Gasteiger partial charge on any atom is 1.00 e. The number of aromatic carboxylic acids is 1. The normalized spacial score (nSPS) is 10.0. The fourth-order valence-electron chi connectivity index (χ4n) is 1.35. The van der Waals surface area contributed by atoms with Crippen LogP contribution in [0, 0.1) is 13.8 Å². The van der Waals surface area contributed by atoms with E-state index in [0.717, 1.165) is 11.1 Å². The van der Waals surface area contributed by atoms with E-state index in [0.29, 0.717) is 11.1 Å². The van der Waals surface area contributed by atoms with Gasteiger partial charge in [-0.25, -0.2) is 4.98 Å². The molecule has 0 spiro atoms. The molecule has 0 radical (unpaired) electrons. The number of hydrogen-bond donors (Lipinski definition) is 0. The number of carbonyl (C=O) groups is 1. The molecule has 0 aliphatic heterocycles. The van der Waals surface area contributed by atoms with Crippen LogP contribution in [-0.4, -0.2) is 11.0 Å². The molecule has 0 fully saturated rings. The Labute approximate surface area is 109 Å². The molecule has 72 valence electrons. The average molecular weight is 213 g/mol. The van der Waals surface area contributed by atoms with Crippen LogP contribution in [0.5, 0.6) is 0 Å². The Morgan fingerprint density at radius 3 is 2.47 bits per heavy atom. The van der Waals surface area contributed by atoms with E-state index < -0.39 is 5.97 Å². The fourth-order valence-corrected chi connectivity index (χ4v) is 1.35. The topological polar surface area (TPSA) is 66.2 Å². The molecule has 5 heteroatoms. The van der Waals surface area contributed by atoms with Crippen molar-refractivity contribution in [2.45, 2.75) is 13.8 Å². The maximum absolute atomic E-state index is 10.5. The molecule has 1 heterocycles. The van der Waals surface area contributed by atoms with Crippen LogP contribution in [0.15, 0.2) is 16.5 Å². The molecule has 15 heavy (non-hydrogen) atoms. The first-order valence-corrected chi connectivity index (χ1v) is 4.17. The van der Waals surface area contributed by atoms with E-state index in [-0.39, 0.29) is 35.4 Å². The molecule has 1 aromatic heterocycles. The second-order valence-electron chi connectivity index (χ2n) is 3.18. The molecular weight excluding hydrogens is 205 g/mol. The molecule has 0 atom stereocenters.